The molecular weight excluding hydrogens is 486 g/mol. The molecule has 0 fully saturated rings. The topological polar surface area (TPSA) is 120 Å². The average molecular weight is 506 g/mol. The van der Waals surface area contributed by atoms with E-state index >= 15 is 0 Å². The smallest absolute Gasteiger partial charge is 0.254 e. The molecule has 33 heavy (non-hydrogen) atoms. The van der Waals surface area contributed by atoms with Gasteiger partial charge in [0.15, 0.2) is 0 Å². The fourth-order valence-electron chi connectivity index (χ4n) is 3.92. The molecular formula is C23H20BrN7O2. The number of hydrogen-bond acceptors (Lipinski definition) is 8. The van der Waals surface area contributed by atoms with Crippen molar-refractivity contribution in [2.75, 3.05) is 5.73 Å². The minimum atomic E-state index is -0.390. The maximum atomic E-state index is 13.8. The summed E-state index contributed by atoms with van der Waals surface area (Å²) in [6.07, 6.45) is 3.33. The zero-order valence-electron chi connectivity index (χ0n) is 17.8. The maximum Gasteiger partial charge on any atom is 0.254 e. The molecule has 1 aromatic carbocycles. The summed E-state index contributed by atoms with van der Waals surface area (Å²) in [6.45, 7) is 3.02. The van der Waals surface area contributed by atoms with Gasteiger partial charge in [-0.25, -0.2) is 15.0 Å². The van der Waals surface area contributed by atoms with Gasteiger partial charge in [0, 0.05) is 28.9 Å². The fourth-order valence-corrected chi connectivity index (χ4v) is 4.13. The molecule has 166 valence electrons. The summed E-state index contributed by atoms with van der Waals surface area (Å²) in [4.78, 5) is 28.6. The third kappa shape index (κ3) is 4.14. The number of nitrogens with two attached hydrogens (primary N) is 1. The van der Waals surface area contributed by atoms with Crippen molar-refractivity contribution in [2.45, 2.75) is 32.7 Å². The first-order chi connectivity index (χ1) is 16.0. The van der Waals surface area contributed by atoms with Crippen LogP contribution in [0.4, 0.5) is 5.82 Å². The molecule has 0 aliphatic carbocycles. The molecule has 1 aliphatic rings. The summed E-state index contributed by atoms with van der Waals surface area (Å²) in [5.41, 5.74) is 9.87. The van der Waals surface area contributed by atoms with Crippen molar-refractivity contribution >= 4 is 38.6 Å². The van der Waals surface area contributed by atoms with Crippen LogP contribution in [0, 0.1) is 0 Å². The number of fused-ring (bicyclic) bond motifs is 3. The fraction of sp³-hybridized carbons (Fsp3) is 0.217. The van der Waals surface area contributed by atoms with Crippen LogP contribution in [-0.4, -0.2) is 36.0 Å². The molecule has 0 radical (unpaired) electrons. The van der Waals surface area contributed by atoms with Gasteiger partial charge < -0.3 is 15.4 Å². The second-order valence-electron chi connectivity index (χ2n) is 7.74. The minimum absolute atomic E-state index is 0.175. The van der Waals surface area contributed by atoms with Crippen molar-refractivity contribution in [1.29, 1.82) is 0 Å². The standard InChI is InChI=1S/C23H20BrN7O2/c1-13(22-26-7-2-8-27-22)31(10-15-4-6-20(24)30-29-15)23(32)14-3-5-19-16(9-14)17-11-33-12-18(17)21(25)28-19/h2-9,13H,10-12H2,1H3,(H2,25,28). The number of rotatable bonds is 5. The predicted octanol–water partition coefficient (Wildman–Crippen LogP) is 3.59. The first-order valence-electron chi connectivity index (χ1n) is 10.4. The van der Waals surface area contributed by atoms with E-state index in [-0.39, 0.29) is 12.5 Å². The third-order valence-electron chi connectivity index (χ3n) is 5.68. The molecule has 10 heteroatoms. The Hall–Kier alpha value is -3.50. The summed E-state index contributed by atoms with van der Waals surface area (Å²) in [7, 11) is 0. The first kappa shape index (κ1) is 21.4. The van der Waals surface area contributed by atoms with Gasteiger partial charge in [-0.05, 0) is 64.8 Å². The van der Waals surface area contributed by atoms with Crippen LogP contribution in [-0.2, 0) is 24.5 Å². The van der Waals surface area contributed by atoms with Crippen molar-refractivity contribution in [3.05, 3.63) is 81.6 Å². The Morgan fingerprint density at radius 2 is 1.94 bits per heavy atom. The quantitative estimate of drug-likeness (QED) is 0.436. The zero-order chi connectivity index (χ0) is 22.9. The average Bonchev–Trinajstić information content (AvgIpc) is 3.34. The van der Waals surface area contributed by atoms with Crippen LogP contribution in [0.2, 0.25) is 0 Å². The van der Waals surface area contributed by atoms with Crippen LogP contribution in [0.15, 0.2) is 53.4 Å². The van der Waals surface area contributed by atoms with Gasteiger partial charge in [-0.1, -0.05) is 0 Å². The van der Waals surface area contributed by atoms with Gasteiger partial charge >= 0.3 is 0 Å². The number of halogens is 1. The Morgan fingerprint density at radius 1 is 1.15 bits per heavy atom. The number of pyridine rings is 1. The summed E-state index contributed by atoms with van der Waals surface area (Å²) < 4.78 is 6.21. The molecule has 5 rings (SSSR count). The van der Waals surface area contributed by atoms with Gasteiger partial charge in [0.05, 0.1) is 37.0 Å². The van der Waals surface area contributed by atoms with Gasteiger partial charge in [0.1, 0.15) is 16.2 Å². The minimum Gasteiger partial charge on any atom is -0.383 e. The Balaban J connectivity index is 1.55. The van der Waals surface area contributed by atoms with Crippen LogP contribution in [0.5, 0.6) is 0 Å². The lowest BCUT2D eigenvalue weighted by Crippen LogP contribution is -2.34. The number of hydrogen-bond donors (Lipinski definition) is 1. The van der Waals surface area contributed by atoms with Gasteiger partial charge in [0.2, 0.25) is 0 Å². The molecule has 1 aliphatic heterocycles. The number of benzene rings is 1. The Bertz CT molecular complexity index is 1330. The third-order valence-corrected chi connectivity index (χ3v) is 6.11. The number of carbonyl (C=O) groups is 1. The summed E-state index contributed by atoms with van der Waals surface area (Å²) in [6, 6.07) is 10.4. The van der Waals surface area contributed by atoms with E-state index < -0.39 is 6.04 Å². The zero-order valence-corrected chi connectivity index (χ0v) is 19.4. The summed E-state index contributed by atoms with van der Waals surface area (Å²) in [5.74, 6) is 0.839. The SMILES string of the molecule is CC(c1ncccn1)N(Cc1ccc(Br)nn1)C(=O)c1ccc2nc(N)c3c(c2c1)COC3. The number of carbonyl (C=O) groups excluding carboxylic acids is 1. The van der Waals surface area contributed by atoms with Crippen LogP contribution < -0.4 is 5.73 Å². The summed E-state index contributed by atoms with van der Waals surface area (Å²) >= 11 is 3.30. The van der Waals surface area contributed by atoms with E-state index in [1.807, 2.05) is 25.1 Å². The van der Waals surface area contributed by atoms with E-state index in [1.165, 1.54) is 0 Å². The predicted molar refractivity (Wildman–Crippen MR) is 125 cm³/mol. The molecule has 4 heterocycles. The number of ether oxygens (including phenoxy) is 1. The number of nitrogen functional groups attached to an aromatic ring is 1. The van der Waals surface area contributed by atoms with Gasteiger partial charge in [-0.3, -0.25) is 4.79 Å². The van der Waals surface area contributed by atoms with E-state index in [0.29, 0.717) is 40.7 Å². The normalized spacial score (nSPS) is 13.6. The van der Waals surface area contributed by atoms with E-state index in [2.05, 4.69) is 41.1 Å². The van der Waals surface area contributed by atoms with Crippen molar-refractivity contribution < 1.29 is 9.53 Å². The largest absolute Gasteiger partial charge is 0.383 e. The van der Waals surface area contributed by atoms with E-state index in [9.17, 15) is 4.79 Å². The molecule has 2 N–H and O–H groups in total. The second kappa shape index (κ2) is 8.80. The second-order valence-corrected chi connectivity index (χ2v) is 8.55. The number of amides is 1. The molecule has 0 spiro atoms. The highest BCUT2D eigenvalue weighted by Gasteiger charge is 2.27. The Morgan fingerprint density at radius 3 is 2.70 bits per heavy atom. The molecule has 3 aromatic heterocycles. The highest BCUT2D eigenvalue weighted by Crippen LogP contribution is 2.32. The molecule has 0 saturated carbocycles. The molecule has 0 saturated heterocycles. The Kier molecular flexibility index (Phi) is 5.69. The summed E-state index contributed by atoms with van der Waals surface area (Å²) in [5, 5.41) is 9.12. The van der Waals surface area contributed by atoms with E-state index in [0.717, 1.165) is 22.0 Å². The Labute approximate surface area is 198 Å². The number of aromatic nitrogens is 5. The van der Waals surface area contributed by atoms with Crippen molar-refractivity contribution in [3.8, 4) is 0 Å². The molecule has 1 amide bonds. The lowest BCUT2D eigenvalue weighted by atomic mass is 10.0. The molecule has 1 unspecified atom stereocenters. The highest BCUT2D eigenvalue weighted by molar-refractivity contribution is 9.10. The van der Waals surface area contributed by atoms with E-state index in [1.54, 1.807) is 35.5 Å². The van der Waals surface area contributed by atoms with Gasteiger partial charge in [-0.2, -0.15) is 5.10 Å². The van der Waals surface area contributed by atoms with Crippen molar-refractivity contribution in [3.63, 3.8) is 0 Å². The van der Waals surface area contributed by atoms with Crippen LogP contribution >= 0.6 is 15.9 Å². The lowest BCUT2D eigenvalue weighted by molar-refractivity contribution is 0.0663. The van der Waals surface area contributed by atoms with Gasteiger partial charge in [-0.15, -0.1) is 5.10 Å². The van der Waals surface area contributed by atoms with Crippen molar-refractivity contribution in [1.82, 2.24) is 30.0 Å². The van der Waals surface area contributed by atoms with Crippen LogP contribution in [0.25, 0.3) is 10.9 Å². The molecule has 0 bridgehead atoms. The first-order valence-corrected chi connectivity index (χ1v) is 11.2. The molecule has 9 nitrogen and oxygen atoms in total. The van der Waals surface area contributed by atoms with E-state index in [4.69, 9.17) is 10.5 Å². The lowest BCUT2D eigenvalue weighted by Gasteiger charge is -2.28. The van der Waals surface area contributed by atoms with Crippen molar-refractivity contribution in [2.24, 2.45) is 0 Å². The van der Waals surface area contributed by atoms with Crippen LogP contribution in [0.3, 0.4) is 0 Å². The maximum absolute atomic E-state index is 13.8. The monoisotopic (exact) mass is 505 g/mol. The van der Waals surface area contributed by atoms with Gasteiger partial charge in [0.25, 0.3) is 5.91 Å². The number of nitrogens with zero attached hydrogens (tertiary/aromatic N) is 6. The number of anilines is 1. The van der Waals surface area contributed by atoms with Crippen LogP contribution in [0.1, 0.15) is 46.0 Å². The molecule has 4 aromatic rings. The molecule has 1 atom stereocenters. The highest BCUT2D eigenvalue weighted by atomic mass is 79.9.